The standard InChI is InChI=1S/C24H22N4O6/c1-2-33-22(30)18-12-25-24(32)26-19(18)14-34-23(31)20-16-10-6-7-11-17(16)21(29)28(27-20)13-15-8-4-3-5-9-15/h3-11H,2,12-14H2,1H3,(H2,25,26,32). The van der Waals surface area contributed by atoms with Crippen LogP contribution in [0.25, 0.3) is 10.8 Å². The van der Waals surface area contributed by atoms with Crippen molar-refractivity contribution in [2.75, 3.05) is 19.8 Å². The molecule has 2 N–H and O–H groups in total. The Hall–Kier alpha value is -4.47. The maximum absolute atomic E-state index is 13.0. The number of esters is 2. The Morgan fingerprint density at radius 1 is 0.971 bits per heavy atom. The third-order valence-corrected chi connectivity index (χ3v) is 5.16. The molecule has 0 atom stereocenters. The highest BCUT2D eigenvalue weighted by molar-refractivity contribution is 6.02. The molecule has 10 nitrogen and oxygen atoms in total. The van der Waals surface area contributed by atoms with Gasteiger partial charge in [0.15, 0.2) is 5.69 Å². The largest absolute Gasteiger partial charge is 0.463 e. The predicted octanol–water partition coefficient (Wildman–Crippen LogP) is 1.73. The monoisotopic (exact) mass is 462 g/mol. The van der Waals surface area contributed by atoms with Crippen LogP contribution in [0.1, 0.15) is 23.0 Å². The third-order valence-electron chi connectivity index (χ3n) is 5.16. The predicted molar refractivity (Wildman–Crippen MR) is 122 cm³/mol. The van der Waals surface area contributed by atoms with Crippen molar-refractivity contribution in [1.82, 2.24) is 20.4 Å². The van der Waals surface area contributed by atoms with Gasteiger partial charge in [-0.3, -0.25) is 4.79 Å². The second kappa shape index (κ2) is 9.99. The van der Waals surface area contributed by atoms with Crippen LogP contribution in [0.4, 0.5) is 4.79 Å². The number of nitrogens with zero attached hydrogens (tertiary/aromatic N) is 2. The lowest BCUT2D eigenvalue weighted by molar-refractivity contribution is -0.138. The van der Waals surface area contributed by atoms with E-state index in [9.17, 15) is 19.2 Å². The number of hydrogen-bond acceptors (Lipinski definition) is 7. The fourth-order valence-corrected chi connectivity index (χ4v) is 3.52. The van der Waals surface area contributed by atoms with Crippen LogP contribution >= 0.6 is 0 Å². The molecular weight excluding hydrogens is 440 g/mol. The molecule has 0 saturated heterocycles. The molecule has 0 spiro atoms. The second-order valence-electron chi connectivity index (χ2n) is 7.40. The van der Waals surface area contributed by atoms with Crippen molar-refractivity contribution in [3.8, 4) is 0 Å². The molecule has 2 heterocycles. The molecule has 1 aliphatic rings. The molecule has 34 heavy (non-hydrogen) atoms. The van der Waals surface area contributed by atoms with E-state index in [0.717, 1.165) is 5.56 Å². The summed E-state index contributed by atoms with van der Waals surface area (Å²) in [6, 6.07) is 15.4. The highest BCUT2D eigenvalue weighted by Gasteiger charge is 2.25. The zero-order chi connectivity index (χ0) is 24.1. The second-order valence-corrected chi connectivity index (χ2v) is 7.40. The molecular formula is C24H22N4O6. The number of urea groups is 1. The van der Waals surface area contributed by atoms with Gasteiger partial charge >= 0.3 is 18.0 Å². The number of ether oxygens (including phenoxy) is 2. The van der Waals surface area contributed by atoms with Gasteiger partial charge in [0.2, 0.25) is 0 Å². The molecule has 174 valence electrons. The molecule has 0 fully saturated rings. The van der Waals surface area contributed by atoms with Gasteiger partial charge < -0.3 is 20.1 Å². The van der Waals surface area contributed by atoms with Crippen LogP contribution in [-0.4, -0.2) is 47.5 Å². The molecule has 0 saturated carbocycles. The van der Waals surface area contributed by atoms with Gasteiger partial charge in [-0.05, 0) is 18.6 Å². The summed E-state index contributed by atoms with van der Waals surface area (Å²) in [5, 5.41) is 9.91. The SMILES string of the molecule is CCOC(=O)C1=C(COC(=O)c2nn(Cc3ccccc3)c(=O)c3ccccc23)NC(=O)NC1. The molecule has 1 aliphatic heterocycles. The lowest BCUT2D eigenvalue weighted by atomic mass is 10.1. The number of carbonyl (C=O) groups excluding carboxylic acids is 3. The van der Waals surface area contributed by atoms with Crippen LogP contribution in [0, 0.1) is 0 Å². The fourth-order valence-electron chi connectivity index (χ4n) is 3.52. The fraction of sp³-hybridized carbons (Fsp3) is 0.208. The van der Waals surface area contributed by atoms with Gasteiger partial charge in [0.1, 0.15) is 6.61 Å². The number of rotatable bonds is 7. The van der Waals surface area contributed by atoms with Crippen LogP contribution in [0.2, 0.25) is 0 Å². The first-order valence-electron chi connectivity index (χ1n) is 10.6. The van der Waals surface area contributed by atoms with E-state index in [2.05, 4.69) is 15.7 Å². The molecule has 0 unspecified atom stereocenters. The van der Waals surface area contributed by atoms with E-state index in [1.54, 1.807) is 31.2 Å². The molecule has 2 aromatic carbocycles. The van der Waals surface area contributed by atoms with E-state index in [1.807, 2.05) is 30.3 Å². The van der Waals surface area contributed by atoms with E-state index in [-0.39, 0.29) is 48.8 Å². The van der Waals surface area contributed by atoms with Crippen molar-refractivity contribution < 1.29 is 23.9 Å². The van der Waals surface area contributed by atoms with E-state index < -0.39 is 18.0 Å². The van der Waals surface area contributed by atoms with Crippen molar-refractivity contribution in [1.29, 1.82) is 0 Å². The zero-order valence-electron chi connectivity index (χ0n) is 18.4. The molecule has 3 aromatic rings. The van der Waals surface area contributed by atoms with Crippen LogP contribution in [0.3, 0.4) is 0 Å². The molecule has 1 aromatic heterocycles. The molecule has 10 heteroatoms. The number of carbonyl (C=O) groups is 3. The summed E-state index contributed by atoms with van der Waals surface area (Å²) < 4.78 is 11.6. The summed E-state index contributed by atoms with van der Waals surface area (Å²) >= 11 is 0. The zero-order valence-corrected chi connectivity index (χ0v) is 18.4. The maximum atomic E-state index is 13.0. The van der Waals surface area contributed by atoms with Gasteiger partial charge in [0, 0.05) is 5.39 Å². The van der Waals surface area contributed by atoms with Gasteiger partial charge in [-0.2, -0.15) is 5.10 Å². The summed E-state index contributed by atoms with van der Waals surface area (Å²) in [7, 11) is 0. The summed E-state index contributed by atoms with van der Waals surface area (Å²) in [6.45, 7) is 1.55. The van der Waals surface area contributed by atoms with Crippen molar-refractivity contribution in [2.24, 2.45) is 0 Å². The van der Waals surface area contributed by atoms with Crippen molar-refractivity contribution in [2.45, 2.75) is 13.5 Å². The topological polar surface area (TPSA) is 129 Å². The lowest BCUT2D eigenvalue weighted by Crippen LogP contribution is -2.45. The summed E-state index contributed by atoms with van der Waals surface area (Å²) in [4.78, 5) is 49.9. The van der Waals surface area contributed by atoms with Crippen molar-refractivity contribution >= 4 is 28.7 Å². The Morgan fingerprint density at radius 2 is 1.68 bits per heavy atom. The number of nitrogens with one attached hydrogen (secondary N) is 2. The van der Waals surface area contributed by atoms with Gasteiger partial charge in [-0.15, -0.1) is 0 Å². The van der Waals surface area contributed by atoms with E-state index in [1.165, 1.54) is 4.68 Å². The maximum Gasteiger partial charge on any atom is 0.359 e. The minimum Gasteiger partial charge on any atom is -0.463 e. The first kappa shape index (κ1) is 22.7. The average molecular weight is 462 g/mol. The van der Waals surface area contributed by atoms with Crippen LogP contribution in [0.15, 0.2) is 70.7 Å². The lowest BCUT2D eigenvalue weighted by Gasteiger charge is -2.21. The van der Waals surface area contributed by atoms with Crippen LogP contribution < -0.4 is 16.2 Å². The Bertz CT molecular complexity index is 1350. The number of amides is 2. The molecule has 2 amide bonds. The Labute approximate surface area is 194 Å². The smallest absolute Gasteiger partial charge is 0.359 e. The Morgan fingerprint density at radius 3 is 2.41 bits per heavy atom. The first-order valence-corrected chi connectivity index (χ1v) is 10.6. The number of aromatic nitrogens is 2. The summed E-state index contributed by atoms with van der Waals surface area (Å²) in [5.74, 6) is -1.43. The van der Waals surface area contributed by atoms with E-state index in [4.69, 9.17) is 9.47 Å². The van der Waals surface area contributed by atoms with Gasteiger partial charge in [0.05, 0.1) is 36.4 Å². The molecule has 0 bridgehead atoms. The Balaban J connectivity index is 1.65. The van der Waals surface area contributed by atoms with Crippen LogP contribution in [-0.2, 0) is 20.8 Å². The summed E-state index contributed by atoms with van der Waals surface area (Å²) in [6.07, 6.45) is 0. The van der Waals surface area contributed by atoms with Gasteiger partial charge in [-0.25, -0.2) is 19.1 Å². The summed E-state index contributed by atoms with van der Waals surface area (Å²) in [5.41, 5.74) is 0.727. The number of hydrogen-bond donors (Lipinski definition) is 2. The highest BCUT2D eigenvalue weighted by atomic mass is 16.5. The van der Waals surface area contributed by atoms with Crippen LogP contribution in [0.5, 0.6) is 0 Å². The minimum atomic E-state index is -0.804. The number of fused-ring (bicyclic) bond motifs is 1. The van der Waals surface area contributed by atoms with E-state index in [0.29, 0.717) is 10.8 Å². The highest BCUT2D eigenvalue weighted by Crippen LogP contribution is 2.16. The molecule has 0 radical (unpaired) electrons. The van der Waals surface area contributed by atoms with Crippen molar-refractivity contribution in [3.05, 3.63) is 87.5 Å². The average Bonchev–Trinajstić information content (AvgIpc) is 2.85. The molecule has 0 aliphatic carbocycles. The normalized spacial score (nSPS) is 13.3. The quantitative estimate of drug-likeness (QED) is 0.512. The Kier molecular flexibility index (Phi) is 6.67. The van der Waals surface area contributed by atoms with E-state index >= 15 is 0 Å². The minimum absolute atomic E-state index is 0.0512. The number of benzene rings is 2. The van der Waals surface area contributed by atoms with Crippen molar-refractivity contribution in [3.63, 3.8) is 0 Å². The van der Waals surface area contributed by atoms with Gasteiger partial charge in [0.25, 0.3) is 5.56 Å². The molecule has 4 rings (SSSR count). The third kappa shape index (κ3) is 4.80. The van der Waals surface area contributed by atoms with Gasteiger partial charge in [-0.1, -0.05) is 48.5 Å². The first-order chi connectivity index (χ1) is 16.5.